The summed E-state index contributed by atoms with van der Waals surface area (Å²) in [6, 6.07) is 10.8. The van der Waals surface area contributed by atoms with Crippen LogP contribution in [0.3, 0.4) is 0 Å². The standard InChI is InChI=1S/C26H32N8O3S/c1-18-23(19(2)33(29-18)25-10-9-24-28-27-20(3)34(24)30-25)8-11-26(35)32-14-12-31(13-15-32)17-21-6-5-7-22(16-21)38(4,36)37/h5-7,9-10,16H,8,11-15,17H2,1-4H3. The second-order valence-corrected chi connectivity index (χ2v) is 11.9. The molecule has 1 aromatic carbocycles. The third-order valence-electron chi connectivity index (χ3n) is 7.11. The van der Waals surface area contributed by atoms with E-state index in [4.69, 9.17) is 5.10 Å². The largest absolute Gasteiger partial charge is 0.340 e. The molecule has 1 aliphatic rings. The zero-order chi connectivity index (χ0) is 27.0. The van der Waals surface area contributed by atoms with Crippen LogP contribution in [0.2, 0.25) is 0 Å². The number of piperazine rings is 1. The van der Waals surface area contributed by atoms with Crippen LogP contribution in [-0.4, -0.2) is 86.2 Å². The number of aryl methyl sites for hydroxylation is 2. The van der Waals surface area contributed by atoms with Gasteiger partial charge in [0.25, 0.3) is 0 Å². The second-order valence-electron chi connectivity index (χ2n) is 9.85. The number of nitrogens with zero attached hydrogens (tertiary/aromatic N) is 8. The van der Waals surface area contributed by atoms with Crippen molar-refractivity contribution in [2.45, 2.75) is 45.1 Å². The molecule has 1 aliphatic heterocycles. The lowest BCUT2D eigenvalue weighted by molar-refractivity contribution is -0.133. The molecule has 0 bridgehead atoms. The highest BCUT2D eigenvalue weighted by Gasteiger charge is 2.23. The molecule has 1 saturated heterocycles. The van der Waals surface area contributed by atoms with E-state index in [2.05, 4.69) is 20.2 Å². The van der Waals surface area contributed by atoms with Gasteiger partial charge in [0.2, 0.25) is 5.91 Å². The molecule has 4 heterocycles. The van der Waals surface area contributed by atoms with Crippen LogP contribution in [0.5, 0.6) is 0 Å². The third kappa shape index (κ3) is 5.32. The van der Waals surface area contributed by atoms with Crippen LogP contribution in [-0.2, 0) is 27.6 Å². The van der Waals surface area contributed by atoms with Crippen LogP contribution in [0.4, 0.5) is 0 Å². The maximum absolute atomic E-state index is 13.0. The van der Waals surface area contributed by atoms with Gasteiger partial charge in [-0.15, -0.1) is 15.3 Å². The summed E-state index contributed by atoms with van der Waals surface area (Å²) in [6.45, 7) is 9.30. The Labute approximate surface area is 222 Å². The molecule has 3 aromatic heterocycles. The summed E-state index contributed by atoms with van der Waals surface area (Å²) >= 11 is 0. The number of benzene rings is 1. The molecule has 0 aliphatic carbocycles. The summed E-state index contributed by atoms with van der Waals surface area (Å²) in [5.41, 5.74) is 4.56. The molecular weight excluding hydrogens is 504 g/mol. The Kier molecular flexibility index (Phi) is 7.01. The van der Waals surface area contributed by atoms with E-state index in [1.165, 1.54) is 6.26 Å². The Hall–Kier alpha value is -3.64. The first kappa shape index (κ1) is 26.0. The quantitative estimate of drug-likeness (QED) is 0.352. The molecule has 0 saturated carbocycles. The van der Waals surface area contributed by atoms with E-state index >= 15 is 0 Å². The number of carbonyl (C=O) groups is 1. The number of sulfone groups is 1. The summed E-state index contributed by atoms with van der Waals surface area (Å²) in [5, 5.41) is 17.5. The third-order valence-corrected chi connectivity index (χ3v) is 8.22. The van der Waals surface area contributed by atoms with Crippen molar-refractivity contribution >= 4 is 21.4 Å². The van der Waals surface area contributed by atoms with Crippen LogP contribution in [0.15, 0.2) is 41.3 Å². The highest BCUT2D eigenvalue weighted by molar-refractivity contribution is 7.90. The van der Waals surface area contributed by atoms with Crippen LogP contribution in [0.25, 0.3) is 11.5 Å². The Balaban J connectivity index is 1.18. The van der Waals surface area contributed by atoms with Gasteiger partial charge < -0.3 is 4.90 Å². The molecule has 1 fully saturated rings. The molecule has 12 heteroatoms. The monoisotopic (exact) mass is 536 g/mol. The van der Waals surface area contributed by atoms with E-state index in [9.17, 15) is 13.2 Å². The number of carbonyl (C=O) groups excluding carboxylic acids is 1. The van der Waals surface area contributed by atoms with E-state index < -0.39 is 9.84 Å². The molecule has 0 N–H and O–H groups in total. The van der Waals surface area contributed by atoms with Crippen molar-refractivity contribution < 1.29 is 13.2 Å². The lowest BCUT2D eigenvalue weighted by Gasteiger charge is -2.35. The van der Waals surface area contributed by atoms with Crippen LogP contribution < -0.4 is 0 Å². The predicted molar refractivity (Wildman–Crippen MR) is 142 cm³/mol. The molecule has 0 unspecified atom stereocenters. The highest BCUT2D eigenvalue weighted by atomic mass is 32.2. The van der Waals surface area contributed by atoms with Gasteiger partial charge in [0.1, 0.15) is 0 Å². The van der Waals surface area contributed by atoms with Gasteiger partial charge in [-0.25, -0.2) is 13.1 Å². The second kappa shape index (κ2) is 10.3. The van der Waals surface area contributed by atoms with E-state index in [0.717, 1.165) is 35.6 Å². The van der Waals surface area contributed by atoms with Gasteiger partial charge >= 0.3 is 0 Å². The van der Waals surface area contributed by atoms with Crippen LogP contribution in [0, 0.1) is 20.8 Å². The summed E-state index contributed by atoms with van der Waals surface area (Å²) < 4.78 is 27.2. The molecule has 11 nitrogen and oxygen atoms in total. The van der Waals surface area contributed by atoms with E-state index in [1.807, 2.05) is 48.6 Å². The number of aromatic nitrogens is 6. The molecule has 5 rings (SSSR count). The summed E-state index contributed by atoms with van der Waals surface area (Å²) in [4.78, 5) is 17.5. The minimum absolute atomic E-state index is 0.134. The minimum atomic E-state index is -3.23. The zero-order valence-corrected chi connectivity index (χ0v) is 22.9. The minimum Gasteiger partial charge on any atom is -0.340 e. The molecule has 0 radical (unpaired) electrons. The Morgan fingerprint density at radius 3 is 2.47 bits per heavy atom. The van der Waals surface area contributed by atoms with Crippen molar-refractivity contribution in [3.05, 3.63) is 64.7 Å². The Morgan fingerprint density at radius 2 is 1.74 bits per heavy atom. The lowest BCUT2D eigenvalue weighted by Crippen LogP contribution is -2.48. The molecule has 4 aromatic rings. The number of hydrogen-bond donors (Lipinski definition) is 0. The maximum Gasteiger partial charge on any atom is 0.222 e. The average molecular weight is 537 g/mol. The maximum atomic E-state index is 13.0. The summed E-state index contributed by atoms with van der Waals surface area (Å²) in [6.07, 6.45) is 2.25. The van der Waals surface area contributed by atoms with Crippen molar-refractivity contribution in [3.8, 4) is 5.82 Å². The first-order valence-electron chi connectivity index (χ1n) is 12.6. The van der Waals surface area contributed by atoms with Gasteiger partial charge in [-0.1, -0.05) is 12.1 Å². The van der Waals surface area contributed by atoms with Crippen LogP contribution in [0.1, 0.15) is 34.8 Å². The molecule has 1 amide bonds. The number of hydrogen-bond acceptors (Lipinski definition) is 8. The first-order valence-corrected chi connectivity index (χ1v) is 14.5. The summed E-state index contributed by atoms with van der Waals surface area (Å²) in [5.74, 6) is 1.52. The van der Waals surface area contributed by atoms with Crippen LogP contribution >= 0.6 is 0 Å². The lowest BCUT2D eigenvalue weighted by atomic mass is 10.1. The van der Waals surface area contributed by atoms with Gasteiger partial charge in [0.15, 0.2) is 27.1 Å². The van der Waals surface area contributed by atoms with Gasteiger partial charge in [-0.05, 0) is 62.6 Å². The predicted octanol–water partition coefficient (Wildman–Crippen LogP) is 1.92. The number of rotatable bonds is 7. The molecule has 38 heavy (non-hydrogen) atoms. The van der Waals surface area contributed by atoms with E-state index in [-0.39, 0.29) is 5.91 Å². The van der Waals surface area contributed by atoms with Gasteiger partial charge in [0.05, 0.1) is 10.6 Å². The Bertz CT molecular complexity index is 1600. The fourth-order valence-electron chi connectivity index (χ4n) is 4.94. The Morgan fingerprint density at radius 1 is 0.974 bits per heavy atom. The first-order chi connectivity index (χ1) is 18.1. The average Bonchev–Trinajstić information content (AvgIpc) is 3.40. The summed E-state index contributed by atoms with van der Waals surface area (Å²) in [7, 11) is -3.23. The normalized spacial score (nSPS) is 14.9. The number of amides is 1. The fraction of sp³-hybridized carbons (Fsp3) is 0.423. The van der Waals surface area contributed by atoms with Gasteiger partial charge in [-0.3, -0.25) is 9.69 Å². The molecule has 0 spiro atoms. The van der Waals surface area contributed by atoms with Crippen molar-refractivity contribution in [3.63, 3.8) is 0 Å². The molecule has 0 atom stereocenters. The van der Waals surface area contributed by atoms with Crippen molar-refractivity contribution in [1.82, 2.24) is 39.4 Å². The molecule has 200 valence electrons. The highest BCUT2D eigenvalue weighted by Crippen LogP contribution is 2.20. The smallest absolute Gasteiger partial charge is 0.222 e. The van der Waals surface area contributed by atoms with E-state index in [0.29, 0.717) is 54.7 Å². The topological polar surface area (TPSA) is 119 Å². The molecular formula is C26H32N8O3S. The van der Waals surface area contributed by atoms with E-state index in [1.54, 1.807) is 22.7 Å². The fourth-order valence-corrected chi connectivity index (χ4v) is 5.63. The SMILES string of the molecule is Cc1nn(-c2ccc3nnc(C)n3n2)c(C)c1CCC(=O)N1CCN(Cc2cccc(S(C)(=O)=O)c2)CC1. The van der Waals surface area contributed by atoms with Crippen molar-refractivity contribution in [2.24, 2.45) is 0 Å². The van der Waals surface area contributed by atoms with Gasteiger partial charge in [0, 0.05) is 51.1 Å². The number of fused-ring (bicyclic) bond motifs is 1. The van der Waals surface area contributed by atoms with Gasteiger partial charge in [-0.2, -0.15) is 9.61 Å². The zero-order valence-electron chi connectivity index (χ0n) is 22.1. The van der Waals surface area contributed by atoms with Crippen molar-refractivity contribution in [2.75, 3.05) is 32.4 Å². The van der Waals surface area contributed by atoms with Crippen molar-refractivity contribution in [1.29, 1.82) is 0 Å².